The van der Waals surface area contributed by atoms with Gasteiger partial charge in [-0.05, 0) is 12.1 Å². The van der Waals surface area contributed by atoms with E-state index in [1.54, 1.807) is 18.2 Å². The molecular formula is C11H7N3O2. The SMILES string of the molecule is N#Cc1nc2c(C=CC(=O)O)cccc2[nH]1. The number of aromatic amines is 1. The van der Waals surface area contributed by atoms with Crippen LogP contribution in [0.25, 0.3) is 17.1 Å². The number of H-pyrrole nitrogens is 1. The van der Waals surface area contributed by atoms with E-state index in [-0.39, 0.29) is 5.82 Å². The van der Waals surface area contributed by atoms with Crippen molar-refractivity contribution in [1.82, 2.24) is 9.97 Å². The molecule has 5 heteroatoms. The number of fused-ring (bicyclic) bond motifs is 1. The summed E-state index contributed by atoms with van der Waals surface area (Å²) in [4.78, 5) is 17.3. The molecule has 0 unspecified atom stereocenters. The number of rotatable bonds is 2. The Morgan fingerprint density at radius 3 is 3.06 bits per heavy atom. The van der Waals surface area contributed by atoms with E-state index < -0.39 is 5.97 Å². The molecular weight excluding hydrogens is 206 g/mol. The van der Waals surface area contributed by atoms with E-state index in [4.69, 9.17) is 10.4 Å². The Bertz CT molecular complexity index is 620. The van der Waals surface area contributed by atoms with E-state index in [0.29, 0.717) is 16.6 Å². The Hall–Kier alpha value is -2.61. The van der Waals surface area contributed by atoms with Gasteiger partial charge in [-0.1, -0.05) is 12.1 Å². The summed E-state index contributed by atoms with van der Waals surface area (Å²) in [5, 5.41) is 17.2. The van der Waals surface area contributed by atoms with Gasteiger partial charge in [-0.2, -0.15) is 5.26 Å². The Morgan fingerprint density at radius 1 is 1.56 bits per heavy atom. The van der Waals surface area contributed by atoms with Crippen molar-refractivity contribution in [3.05, 3.63) is 35.7 Å². The van der Waals surface area contributed by atoms with Gasteiger partial charge in [-0.25, -0.2) is 9.78 Å². The van der Waals surface area contributed by atoms with Crippen LogP contribution in [0.3, 0.4) is 0 Å². The van der Waals surface area contributed by atoms with Gasteiger partial charge in [0, 0.05) is 11.6 Å². The molecule has 0 spiro atoms. The summed E-state index contributed by atoms with van der Waals surface area (Å²) in [6.45, 7) is 0. The van der Waals surface area contributed by atoms with Gasteiger partial charge in [-0.3, -0.25) is 0 Å². The Morgan fingerprint density at radius 2 is 2.38 bits per heavy atom. The van der Waals surface area contributed by atoms with Crippen LogP contribution in [0.2, 0.25) is 0 Å². The second-order valence-corrected chi connectivity index (χ2v) is 3.11. The van der Waals surface area contributed by atoms with E-state index in [1.807, 2.05) is 6.07 Å². The van der Waals surface area contributed by atoms with Crippen LogP contribution in [-0.4, -0.2) is 21.0 Å². The van der Waals surface area contributed by atoms with Crippen molar-refractivity contribution in [2.45, 2.75) is 0 Å². The van der Waals surface area contributed by atoms with Crippen LogP contribution in [0.4, 0.5) is 0 Å². The van der Waals surface area contributed by atoms with Gasteiger partial charge in [0.05, 0.1) is 11.0 Å². The predicted octanol–water partition coefficient (Wildman–Crippen LogP) is 1.53. The number of carboxylic acids is 1. The van der Waals surface area contributed by atoms with E-state index in [9.17, 15) is 4.79 Å². The maximum Gasteiger partial charge on any atom is 0.328 e. The average molecular weight is 213 g/mol. The first-order valence-electron chi connectivity index (χ1n) is 4.50. The molecule has 1 heterocycles. The summed E-state index contributed by atoms with van der Waals surface area (Å²) in [6, 6.07) is 7.19. The maximum atomic E-state index is 10.4. The van der Waals surface area contributed by atoms with E-state index in [1.165, 1.54) is 6.08 Å². The summed E-state index contributed by atoms with van der Waals surface area (Å²) >= 11 is 0. The largest absolute Gasteiger partial charge is 0.478 e. The summed E-state index contributed by atoms with van der Waals surface area (Å²) in [7, 11) is 0. The van der Waals surface area contributed by atoms with Crippen LogP contribution >= 0.6 is 0 Å². The van der Waals surface area contributed by atoms with Gasteiger partial charge in [0.1, 0.15) is 6.07 Å². The Balaban J connectivity index is 2.58. The first-order valence-corrected chi connectivity index (χ1v) is 4.50. The molecule has 0 amide bonds. The zero-order valence-corrected chi connectivity index (χ0v) is 8.14. The second kappa shape index (κ2) is 3.87. The minimum Gasteiger partial charge on any atom is -0.478 e. The quantitative estimate of drug-likeness (QED) is 0.740. The van der Waals surface area contributed by atoms with Gasteiger partial charge in [0.25, 0.3) is 0 Å². The van der Waals surface area contributed by atoms with Crippen LogP contribution in [0.1, 0.15) is 11.4 Å². The number of aromatic nitrogens is 2. The fraction of sp³-hybridized carbons (Fsp3) is 0. The minimum atomic E-state index is -1.02. The topological polar surface area (TPSA) is 89.8 Å². The first-order chi connectivity index (χ1) is 7.70. The predicted molar refractivity (Wildman–Crippen MR) is 57.5 cm³/mol. The number of imidazole rings is 1. The van der Waals surface area contributed by atoms with Gasteiger partial charge in [-0.15, -0.1) is 0 Å². The van der Waals surface area contributed by atoms with Crippen molar-refractivity contribution < 1.29 is 9.90 Å². The van der Waals surface area contributed by atoms with Crippen molar-refractivity contribution in [3.63, 3.8) is 0 Å². The van der Waals surface area contributed by atoms with Gasteiger partial charge in [0.2, 0.25) is 5.82 Å². The maximum absolute atomic E-state index is 10.4. The average Bonchev–Trinajstić information content (AvgIpc) is 2.69. The summed E-state index contributed by atoms with van der Waals surface area (Å²) in [5.41, 5.74) is 1.97. The van der Waals surface area contributed by atoms with E-state index >= 15 is 0 Å². The molecule has 0 atom stereocenters. The molecule has 5 nitrogen and oxygen atoms in total. The highest BCUT2D eigenvalue weighted by Gasteiger charge is 2.04. The number of aliphatic carboxylic acids is 1. The lowest BCUT2D eigenvalue weighted by molar-refractivity contribution is -0.131. The molecule has 0 aliphatic heterocycles. The highest BCUT2D eigenvalue weighted by atomic mass is 16.4. The molecule has 2 N–H and O–H groups in total. The molecule has 1 aromatic carbocycles. The highest BCUT2D eigenvalue weighted by Crippen LogP contribution is 2.17. The van der Waals surface area contributed by atoms with Gasteiger partial charge >= 0.3 is 5.97 Å². The number of benzene rings is 1. The van der Waals surface area contributed by atoms with Gasteiger partial charge in [0.15, 0.2) is 0 Å². The standard InChI is InChI=1S/C11H7N3O2/c12-6-9-13-8-3-1-2-7(11(8)14-9)4-5-10(15)16/h1-5H,(H,13,14)(H,15,16). The summed E-state index contributed by atoms with van der Waals surface area (Å²) in [5.74, 6) is -0.806. The smallest absolute Gasteiger partial charge is 0.328 e. The molecule has 0 saturated carbocycles. The zero-order chi connectivity index (χ0) is 11.5. The lowest BCUT2D eigenvalue weighted by atomic mass is 10.2. The Labute approximate surface area is 90.7 Å². The summed E-state index contributed by atoms with van der Waals surface area (Å²) < 4.78 is 0. The number of hydrogen-bond donors (Lipinski definition) is 2. The fourth-order valence-electron chi connectivity index (χ4n) is 1.40. The molecule has 0 radical (unpaired) electrons. The van der Waals surface area contributed by atoms with Crippen LogP contribution in [0, 0.1) is 11.3 Å². The van der Waals surface area contributed by atoms with Crippen LogP contribution < -0.4 is 0 Å². The fourth-order valence-corrected chi connectivity index (χ4v) is 1.40. The van der Waals surface area contributed by atoms with Crippen molar-refractivity contribution in [3.8, 4) is 6.07 Å². The minimum absolute atomic E-state index is 0.214. The second-order valence-electron chi connectivity index (χ2n) is 3.11. The molecule has 2 aromatic rings. The van der Waals surface area contributed by atoms with E-state index in [0.717, 1.165) is 6.08 Å². The normalized spacial score (nSPS) is 10.7. The van der Waals surface area contributed by atoms with Crippen LogP contribution in [0.5, 0.6) is 0 Å². The zero-order valence-electron chi connectivity index (χ0n) is 8.14. The first kappa shape index (κ1) is 9.93. The number of nitriles is 1. The molecule has 0 aliphatic rings. The molecule has 1 aromatic heterocycles. The van der Waals surface area contributed by atoms with Crippen molar-refractivity contribution in [2.24, 2.45) is 0 Å². The van der Waals surface area contributed by atoms with Crippen molar-refractivity contribution in [1.29, 1.82) is 5.26 Å². The third-order valence-electron chi connectivity index (χ3n) is 2.06. The summed E-state index contributed by atoms with van der Waals surface area (Å²) in [6.07, 6.45) is 2.49. The number of carboxylic acid groups (broad SMARTS) is 1. The number of nitrogens with zero attached hydrogens (tertiary/aromatic N) is 2. The Kier molecular flexibility index (Phi) is 2.40. The third kappa shape index (κ3) is 1.77. The van der Waals surface area contributed by atoms with E-state index in [2.05, 4.69) is 9.97 Å². The molecule has 0 bridgehead atoms. The lowest BCUT2D eigenvalue weighted by Crippen LogP contribution is -1.86. The highest BCUT2D eigenvalue weighted by molar-refractivity contribution is 5.91. The lowest BCUT2D eigenvalue weighted by Gasteiger charge is -1.93. The molecule has 78 valence electrons. The number of hydrogen-bond acceptors (Lipinski definition) is 3. The monoisotopic (exact) mass is 213 g/mol. The molecule has 0 aliphatic carbocycles. The number of carbonyl (C=O) groups is 1. The molecule has 2 rings (SSSR count). The van der Waals surface area contributed by atoms with Crippen molar-refractivity contribution >= 4 is 23.1 Å². The van der Waals surface area contributed by atoms with Crippen LogP contribution in [-0.2, 0) is 4.79 Å². The molecule has 0 fully saturated rings. The third-order valence-corrected chi connectivity index (χ3v) is 2.06. The number of nitrogens with one attached hydrogen (secondary N) is 1. The molecule has 16 heavy (non-hydrogen) atoms. The molecule has 0 saturated heterocycles. The van der Waals surface area contributed by atoms with Gasteiger partial charge < -0.3 is 10.1 Å². The van der Waals surface area contributed by atoms with Crippen molar-refractivity contribution in [2.75, 3.05) is 0 Å². The number of para-hydroxylation sites is 1. The van der Waals surface area contributed by atoms with Crippen LogP contribution in [0.15, 0.2) is 24.3 Å².